The Morgan fingerprint density at radius 1 is 1.00 bits per heavy atom. The van der Waals surface area contributed by atoms with Gasteiger partial charge in [0.25, 0.3) is 5.91 Å². The van der Waals surface area contributed by atoms with Crippen LogP contribution in [0.25, 0.3) is 11.3 Å². The lowest BCUT2D eigenvalue weighted by Crippen LogP contribution is -2.29. The fourth-order valence-electron chi connectivity index (χ4n) is 2.80. The third-order valence-electron chi connectivity index (χ3n) is 4.29. The number of benzene rings is 2. The molecular formula is C22H23N3O4. The summed E-state index contributed by atoms with van der Waals surface area (Å²) in [6, 6.07) is 18.2. The fraction of sp³-hybridized carbons (Fsp3) is 0.182. The highest BCUT2D eigenvalue weighted by Crippen LogP contribution is 2.24. The van der Waals surface area contributed by atoms with E-state index in [2.05, 4.69) is 16.0 Å². The van der Waals surface area contributed by atoms with Crippen LogP contribution in [0.4, 0.5) is 5.69 Å². The van der Waals surface area contributed by atoms with Crippen molar-refractivity contribution in [3.63, 3.8) is 0 Å². The maximum Gasteiger partial charge on any atom is 0.253 e. The number of carbonyl (C=O) groups excluding carboxylic acids is 2. The summed E-state index contributed by atoms with van der Waals surface area (Å²) in [5, 5.41) is 8.35. The molecule has 7 nitrogen and oxygen atoms in total. The first-order chi connectivity index (χ1) is 14.1. The van der Waals surface area contributed by atoms with Crippen LogP contribution in [0.3, 0.4) is 0 Å². The maximum atomic E-state index is 12.2. The normalized spacial score (nSPS) is 10.4. The number of methoxy groups -OCH3 is 1. The van der Waals surface area contributed by atoms with Crippen LogP contribution in [0.15, 0.2) is 65.1 Å². The van der Waals surface area contributed by atoms with Crippen molar-refractivity contribution in [2.75, 3.05) is 26.0 Å². The van der Waals surface area contributed by atoms with Gasteiger partial charge in [0, 0.05) is 12.6 Å². The van der Waals surface area contributed by atoms with E-state index in [1.807, 2.05) is 36.4 Å². The van der Waals surface area contributed by atoms with Gasteiger partial charge in [0.2, 0.25) is 5.91 Å². The fourth-order valence-corrected chi connectivity index (χ4v) is 2.80. The Morgan fingerprint density at radius 2 is 1.76 bits per heavy atom. The number of carbonyl (C=O) groups is 2. The van der Waals surface area contributed by atoms with Gasteiger partial charge < -0.3 is 25.1 Å². The summed E-state index contributed by atoms with van der Waals surface area (Å²) in [5.74, 6) is 1.74. The Balaban J connectivity index is 1.52. The predicted molar refractivity (Wildman–Crippen MR) is 111 cm³/mol. The molecular weight excluding hydrogens is 370 g/mol. The molecule has 0 saturated carbocycles. The third kappa shape index (κ3) is 5.24. The molecule has 0 radical (unpaired) electrons. The number of anilines is 1. The van der Waals surface area contributed by atoms with Crippen molar-refractivity contribution in [1.29, 1.82) is 0 Å². The molecule has 0 aliphatic heterocycles. The molecule has 0 aliphatic rings. The second-order valence-electron chi connectivity index (χ2n) is 6.27. The van der Waals surface area contributed by atoms with Gasteiger partial charge >= 0.3 is 0 Å². The molecule has 29 heavy (non-hydrogen) atoms. The highest BCUT2D eigenvalue weighted by molar-refractivity contribution is 6.03. The Morgan fingerprint density at radius 3 is 2.48 bits per heavy atom. The van der Waals surface area contributed by atoms with E-state index in [4.69, 9.17) is 9.15 Å². The molecule has 7 heteroatoms. The van der Waals surface area contributed by atoms with Crippen LogP contribution in [0.5, 0.6) is 5.75 Å². The van der Waals surface area contributed by atoms with E-state index in [1.165, 1.54) is 0 Å². The number of ether oxygens (including phenoxy) is 1. The average molecular weight is 393 g/mol. The third-order valence-corrected chi connectivity index (χ3v) is 4.29. The van der Waals surface area contributed by atoms with Crippen LogP contribution < -0.4 is 20.7 Å². The average Bonchev–Trinajstić information content (AvgIpc) is 3.22. The number of rotatable bonds is 8. The van der Waals surface area contributed by atoms with Gasteiger partial charge in [-0.3, -0.25) is 9.59 Å². The molecule has 0 atom stereocenters. The first-order valence-electron chi connectivity index (χ1n) is 9.15. The minimum atomic E-state index is -0.254. The van der Waals surface area contributed by atoms with Gasteiger partial charge in [0.15, 0.2) is 0 Å². The molecule has 2 aromatic carbocycles. The van der Waals surface area contributed by atoms with Crippen molar-refractivity contribution in [3.8, 4) is 17.1 Å². The van der Waals surface area contributed by atoms with Crippen molar-refractivity contribution < 1.29 is 18.7 Å². The lowest BCUT2D eigenvalue weighted by atomic mass is 10.1. The predicted octanol–water partition coefficient (Wildman–Crippen LogP) is 3.04. The topological polar surface area (TPSA) is 92.6 Å². The van der Waals surface area contributed by atoms with Gasteiger partial charge in [-0.1, -0.05) is 12.1 Å². The highest BCUT2D eigenvalue weighted by Gasteiger charge is 2.12. The molecule has 3 aromatic rings. The zero-order valence-electron chi connectivity index (χ0n) is 16.3. The van der Waals surface area contributed by atoms with E-state index < -0.39 is 0 Å². The van der Waals surface area contributed by atoms with Crippen LogP contribution in [0.1, 0.15) is 16.1 Å². The van der Waals surface area contributed by atoms with Crippen LogP contribution in [0, 0.1) is 0 Å². The number of hydrogen-bond donors (Lipinski definition) is 3. The van der Waals surface area contributed by atoms with Crippen molar-refractivity contribution >= 4 is 17.5 Å². The van der Waals surface area contributed by atoms with E-state index in [0.29, 0.717) is 17.8 Å². The second-order valence-corrected chi connectivity index (χ2v) is 6.27. The Kier molecular flexibility index (Phi) is 6.65. The molecule has 3 rings (SSSR count). The summed E-state index contributed by atoms with van der Waals surface area (Å²) < 4.78 is 11.0. The van der Waals surface area contributed by atoms with Gasteiger partial charge in [-0.25, -0.2) is 0 Å². The summed E-state index contributed by atoms with van der Waals surface area (Å²) in [5.41, 5.74) is 1.83. The quantitative estimate of drug-likeness (QED) is 0.547. The minimum Gasteiger partial charge on any atom is -0.497 e. The molecule has 2 amide bonds. The largest absolute Gasteiger partial charge is 0.497 e. The lowest BCUT2D eigenvalue weighted by molar-refractivity contribution is -0.115. The molecule has 150 valence electrons. The van der Waals surface area contributed by atoms with Crippen LogP contribution in [-0.4, -0.2) is 32.5 Å². The number of furan rings is 1. The van der Waals surface area contributed by atoms with Crippen LogP contribution in [-0.2, 0) is 11.3 Å². The van der Waals surface area contributed by atoms with Gasteiger partial charge in [0.05, 0.1) is 31.5 Å². The Labute approximate surface area is 169 Å². The number of nitrogens with one attached hydrogen (secondary N) is 3. The van der Waals surface area contributed by atoms with Gasteiger partial charge in [0.1, 0.15) is 17.3 Å². The summed E-state index contributed by atoms with van der Waals surface area (Å²) in [7, 11) is 3.17. The molecule has 3 N–H and O–H groups in total. The number of para-hydroxylation sites is 1. The molecule has 0 saturated heterocycles. The number of hydrogen-bond acceptors (Lipinski definition) is 5. The zero-order valence-corrected chi connectivity index (χ0v) is 16.3. The summed E-state index contributed by atoms with van der Waals surface area (Å²) in [4.78, 5) is 24.1. The SMILES string of the molecule is CNC(=O)c1ccccc1NC(=O)CNCc1ccc(-c2ccc(OC)cc2)o1. The smallest absolute Gasteiger partial charge is 0.253 e. The maximum absolute atomic E-state index is 12.2. The Hall–Kier alpha value is -3.58. The van der Waals surface area contributed by atoms with E-state index >= 15 is 0 Å². The van der Waals surface area contributed by atoms with E-state index in [-0.39, 0.29) is 18.4 Å². The number of amides is 2. The van der Waals surface area contributed by atoms with Gasteiger partial charge in [-0.2, -0.15) is 0 Å². The van der Waals surface area contributed by atoms with Crippen LogP contribution >= 0.6 is 0 Å². The molecule has 0 unspecified atom stereocenters. The molecule has 0 bridgehead atoms. The monoisotopic (exact) mass is 393 g/mol. The van der Waals surface area contributed by atoms with Crippen molar-refractivity contribution in [3.05, 3.63) is 72.0 Å². The van der Waals surface area contributed by atoms with Gasteiger partial charge in [-0.15, -0.1) is 0 Å². The van der Waals surface area contributed by atoms with E-state index in [1.54, 1.807) is 38.4 Å². The van der Waals surface area contributed by atoms with Gasteiger partial charge in [-0.05, 0) is 48.5 Å². The summed E-state index contributed by atoms with van der Waals surface area (Å²) >= 11 is 0. The summed E-state index contributed by atoms with van der Waals surface area (Å²) in [6.07, 6.45) is 0. The van der Waals surface area contributed by atoms with E-state index in [9.17, 15) is 9.59 Å². The molecule has 1 heterocycles. The lowest BCUT2D eigenvalue weighted by Gasteiger charge is -2.10. The molecule has 0 spiro atoms. The van der Waals surface area contributed by atoms with E-state index in [0.717, 1.165) is 22.8 Å². The minimum absolute atomic E-state index is 0.0840. The molecule has 1 aromatic heterocycles. The van der Waals surface area contributed by atoms with Crippen molar-refractivity contribution in [2.45, 2.75) is 6.54 Å². The first-order valence-corrected chi connectivity index (χ1v) is 9.15. The Bertz CT molecular complexity index is 980. The standard InChI is InChI=1S/C22H23N3O4/c1-23-22(27)18-5-3-4-6-19(18)25-21(26)14-24-13-17-11-12-20(29-17)15-7-9-16(28-2)10-8-15/h3-12,24H,13-14H2,1-2H3,(H,23,27)(H,25,26). The molecule has 0 aliphatic carbocycles. The zero-order chi connectivity index (χ0) is 20.6. The van der Waals surface area contributed by atoms with Crippen molar-refractivity contribution in [1.82, 2.24) is 10.6 Å². The van der Waals surface area contributed by atoms with Crippen LogP contribution in [0.2, 0.25) is 0 Å². The highest BCUT2D eigenvalue weighted by atomic mass is 16.5. The summed E-state index contributed by atoms with van der Waals surface area (Å²) in [6.45, 7) is 0.487. The molecule has 0 fully saturated rings. The second kappa shape index (κ2) is 9.57. The van der Waals surface area contributed by atoms with Crippen molar-refractivity contribution in [2.24, 2.45) is 0 Å². The first kappa shape index (κ1) is 20.2.